The average Bonchev–Trinajstić information content (AvgIpc) is 2.94. The van der Waals surface area contributed by atoms with Gasteiger partial charge in [-0.3, -0.25) is 0 Å². The summed E-state index contributed by atoms with van der Waals surface area (Å²) in [5.74, 6) is -0.0426. The summed E-state index contributed by atoms with van der Waals surface area (Å²) in [6.45, 7) is 1.91. The van der Waals surface area contributed by atoms with Gasteiger partial charge in [-0.05, 0) is 31.4 Å². The minimum absolute atomic E-state index is 0.0426. The van der Waals surface area contributed by atoms with Crippen LogP contribution in [0.5, 0.6) is 0 Å². The second kappa shape index (κ2) is 4.60. The Morgan fingerprint density at radius 1 is 1.50 bits per heavy atom. The van der Waals surface area contributed by atoms with Crippen molar-refractivity contribution in [1.29, 1.82) is 0 Å². The fourth-order valence-corrected chi connectivity index (χ4v) is 3.51. The lowest BCUT2D eigenvalue weighted by molar-refractivity contribution is 0.557. The van der Waals surface area contributed by atoms with Gasteiger partial charge in [-0.15, -0.1) is 0 Å². The first-order chi connectivity index (χ1) is 8.30. The first kappa shape index (κ1) is 13.5. The van der Waals surface area contributed by atoms with Crippen LogP contribution in [-0.2, 0) is 15.8 Å². The lowest BCUT2D eigenvalue weighted by Gasteiger charge is -2.12. The number of thiocarbonyl (C=S) groups is 1. The quantitative estimate of drug-likeness (QED) is 0.799. The molecule has 0 spiro atoms. The van der Waals surface area contributed by atoms with Crippen molar-refractivity contribution in [2.24, 2.45) is 5.73 Å². The van der Waals surface area contributed by atoms with Crippen molar-refractivity contribution in [2.75, 3.05) is 0 Å². The Morgan fingerprint density at radius 3 is 2.72 bits per heavy atom. The number of rotatable bonds is 5. The molecule has 4 nitrogen and oxygen atoms in total. The van der Waals surface area contributed by atoms with E-state index in [9.17, 15) is 8.42 Å². The highest BCUT2D eigenvalue weighted by atomic mass is 32.2. The van der Waals surface area contributed by atoms with Crippen molar-refractivity contribution in [3.8, 4) is 0 Å². The molecule has 0 atom stereocenters. The van der Waals surface area contributed by atoms with Crippen LogP contribution < -0.4 is 10.5 Å². The van der Waals surface area contributed by atoms with Gasteiger partial charge in [0.25, 0.3) is 0 Å². The van der Waals surface area contributed by atoms with Crippen LogP contribution in [0.25, 0.3) is 0 Å². The molecule has 1 aromatic rings. The molecule has 1 fully saturated rings. The fraction of sp³-hybridized carbons (Fsp3) is 0.417. The second-order valence-corrected chi connectivity index (χ2v) is 7.15. The summed E-state index contributed by atoms with van der Waals surface area (Å²) in [7, 11) is -3.31. The molecule has 0 bridgehead atoms. The summed E-state index contributed by atoms with van der Waals surface area (Å²) in [6, 6.07) is 7.01. The van der Waals surface area contributed by atoms with Gasteiger partial charge in [0.05, 0.1) is 5.75 Å². The Hall–Kier alpha value is -0.980. The summed E-state index contributed by atoms with van der Waals surface area (Å²) in [4.78, 5) is 0.274. The van der Waals surface area contributed by atoms with Gasteiger partial charge in [0.1, 0.15) is 4.99 Å². The number of hydrogen-bond acceptors (Lipinski definition) is 3. The molecule has 0 amide bonds. The maximum Gasteiger partial charge on any atom is 0.216 e. The van der Waals surface area contributed by atoms with E-state index in [1.165, 1.54) is 0 Å². The van der Waals surface area contributed by atoms with Gasteiger partial charge in [0, 0.05) is 11.1 Å². The highest BCUT2D eigenvalue weighted by Gasteiger charge is 2.40. The van der Waals surface area contributed by atoms with Crippen molar-refractivity contribution in [3.63, 3.8) is 0 Å². The lowest BCUT2D eigenvalue weighted by Crippen LogP contribution is -2.35. The smallest absolute Gasteiger partial charge is 0.216 e. The van der Waals surface area contributed by atoms with Crippen molar-refractivity contribution >= 4 is 27.2 Å². The van der Waals surface area contributed by atoms with Crippen LogP contribution in [0.15, 0.2) is 24.3 Å². The Morgan fingerprint density at radius 2 is 2.17 bits per heavy atom. The number of sulfonamides is 1. The number of nitrogens with one attached hydrogen (secondary N) is 1. The third-order valence-electron chi connectivity index (χ3n) is 2.97. The van der Waals surface area contributed by atoms with E-state index in [0.29, 0.717) is 11.1 Å². The highest BCUT2D eigenvalue weighted by molar-refractivity contribution is 7.88. The summed E-state index contributed by atoms with van der Waals surface area (Å²) < 4.78 is 26.6. The zero-order chi connectivity index (χ0) is 13.4. The standard InChI is InChI=1S/C12H16N2O2S2/c1-12(5-6-12)14-18(15,16)8-9-3-2-4-10(7-9)11(13)17/h2-4,7,14H,5-6,8H2,1H3,(H2,13,17). The molecule has 6 heteroatoms. The second-order valence-electron chi connectivity index (χ2n) is 4.99. The van der Waals surface area contributed by atoms with Crippen molar-refractivity contribution in [3.05, 3.63) is 35.4 Å². The van der Waals surface area contributed by atoms with Crippen molar-refractivity contribution in [1.82, 2.24) is 4.72 Å². The Balaban J connectivity index is 2.13. The predicted molar refractivity (Wildman–Crippen MR) is 75.7 cm³/mol. The number of benzene rings is 1. The normalized spacial score (nSPS) is 17.4. The Bertz CT molecular complexity index is 577. The molecule has 0 aliphatic heterocycles. The van der Waals surface area contributed by atoms with Crippen molar-refractivity contribution in [2.45, 2.75) is 31.1 Å². The van der Waals surface area contributed by atoms with E-state index in [0.717, 1.165) is 12.8 Å². The monoisotopic (exact) mass is 284 g/mol. The first-order valence-electron chi connectivity index (χ1n) is 5.70. The van der Waals surface area contributed by atoms with Crippen LogP contribution in [-0.4, -0.2) is 18.9 Å². The molecule has 0 heterocycles. The molecule has 0 radical (unpaired) electrons. The lowest BCUT2D eigenvalue weighted by atomic mass is 10.1. The molecule has 0 unspecified atom stereocenters. The van der Waals surface area contributed by atoms with E-state index in [4.69, 9.17) is 18.0 Å². The van der Waals surface area contributed by atoms with Gasteiger partial charge in [0.15, 0.2) is 0 Å². The van der Waals surface area contributed by atoms with Gasteiger partial charge in [-0.25, -0.2) is 13.1 Å². The third kappa shape index (κ3) is 3.51. The van der Waals surface area contributed by atoms with E-state index in [2.05, 4.69) is 4.72 Å². The zero-order valence-electron chi connectivity index (χ0n) is 10.1. The fourth-order valence-electron chi connectivity index (χ4n) is 1.73. The Kier molecular flexibility index (Phi) is 3.44. The molecule has 98 valence electrons. The zero-order valence-corrected chi connectivity index (χ0v) is 11.8. The van der Waals surface area contributed by atoms with Crippen LogP contribution >= 0.6 is 12.2 Å². The molecule has 0 saturated heterocycles. The summed E-state index contributed by atoms with van der Waals surface area (Å²) in [5.41, 5.74) is 6.67. The molecule has 1 aliphatic rings. The summed E-state index contributed by atoms with van der Waals surface area (Å²) in [5, 5.41) is 0. The molecule has 0 aromatic heterocycles. The summed E-state index contributed by atoms with van der Waals surface area (Å²) in [6.07, 6.45) is 1.80. The molecule has 18 heavy (non-hydrogen) atoms. The molecule has 1 aliphatic carbocycles. The topological polar surface area (TPSA) is 72.2 Å². The first-order valence-corrected chi connectivity index (χ1v) is 7.76. The SMILES string of the molecule is CC1(NS(=O)(=O)Cc2cccc(C(N)=S)c2)CC1. The molecule has 3 N–H and O–H groups in total. The van der Waals surface area contributed by atoms with Crippen LogP contribution in [0.3, 0.4) is 0 Å². The third-order valence-corrected chi connectivity index (χ3v) is 4.72. The minimum Gasteiger partial charge on any atom is -0.389 e. The minimum atomic E-state index is -3.31. The maximum atomic E-state index is 12.0. The van der Waals surface area contributed by atoms with E-state index in [1.54, 1.807) is 24.3 Å². The van der Waals surface area contributed by atoms with Crippen LogP contribution in [0.1, 0.15) is 30.9 Å². The van der Waals surface area contributed by atoms with Gasteiger partial charge in [0.2, 0.25) is 10.0 Å². The largest absolute Gasteiger partial charge is 0.389 e. The van der Waals surface area contributed by atoms with Crippen LogP contribution in [0.4, 0.5) is 0 Å². The van der Waals surface area contributed by atoms with Gasteiger partial charge in [-0.2, -0.15) is 0 Å². The molecule has 1 aromatic carbocycles. The maximum absolute atomic E-state index is 12.0. The molecular formula is C12H16N2O2S2. The van der Waals surface area contributed by atoms with Crippen LogP contribution in [0.2, 0.25) is 0 Å². The predicted octanol–water partition coefficient (Wildman–Crippen LogP) is 1.29. The average molecular weight is 284 g/mol. The van der Waals surface area contributed by atoms with Gasteiger partial charge in [-0.1, -0.05) is 30.4 Å². The molecular weight excluding hydrogens is 268 g/mol. The van der Waals surface area contributed by atoms with E-state index < -0.39 is 10.0 Å². The number of nitrogens with two attached hydrogens (primary N) is 1. The van der Waals surface area contributed by atoms with E-state index >= 15 is 0 Å². The van der Waals surface area contributed by atoms with Crippen molar-refractivity contribution < 1.29 is 8.42 Å². The van der Waals surface area contributed by atoms with E-state index in [1.807, 2.05) is 6.92 Å². The Labute approximate surface area is 113 Å². The number of hydrogen-bond donors (Lipinski definition) is 2. The molecule has 1 saturated carbocycles. The van der Waals surface area contributed by atoms with E-state index in [-0.39, 0.29) is 16.3 Å². The van der Waals surface area contributed by atoms with Gasteiger partial charge < -0.3 is 5.73 Å². The van der Waals surface area contributed by atoms with Crippen LogP contribution in [0, 0.1) is 0 Å². The highest BCUT2D eigenvalue weighted by Crippen LogP contribution is 2.35. The molecule has 2 rings (SSSR count). The summed E-state index contributed by atoms with van der Waals surface area (Å²) >= 11 is 4.87. The van der Waals surface area contributed by atoms with Gasteiger partial charge >= 0.3 is 0 Å².